The average molecular weight is 426 g/mol. The molecule has 11 heteroatoms. The molecule has 0 saturated heterocycles. The van der Waals surface area contributed by atoms with Gasteiger partial charge in [0.2, 0.25) is 11.1 Å². The molecule has 0 aliphatic heterocycles. The van der Waals surface area contributed by atoms with Crippen molar-refractivity contribution in [1.82, 2.24) is 24.8 Å². The molecule has 2 aromatic heterocycles. The number of fused-ring (bicyclic) bond motifs is 1. The van der Waals surface area contributed by atoms with Crippen molar-refractivity contribution in [2.45, 2.75) is 5.16 Å². The molecule has 30 heavy (non-hydrogen) atoms. The minimum atomic E-state index is -0.480. The van der Waals surface area contributed by atoms with E-state index in [9.17, 15) is 14.0 Å². The Balaban J connectivity index is 1.54. The first-order chi connectivity index (χ1) is 14.5. The van der Waals surface area contributed by atoms with Gasteiger partial charge in [-0.3, -0.25) is 14.6 Å². The molecule has 1 amide bonds. The van der Waals surface area contributed by atoms with Crippen LogP contribution < -0.4 is 15.6 Å². The Morgan fingerprint density at radius 2 is 1.97 bits per heavy atom. The first-order valence-electron chi connectivity index (χ1n) is 8.72. The maximum Gasteiger partial charge on any atom is 0.279 e. The van der Waals surface area contributed by atoms with Gasteiger partial charge >= 0.3 is 0 Å². The van der Waals surface area contributed by atoms with Crippen molar-refractivity contribution in [3.63, 3.8) is 0 Å². The summed E-state index contributed by atoms with van der Waals surface area (Å²) in [4.78, 5) is 27.2. The molecule has 0 bridgehead atoms. The van der Waals surface area contributed by atoms with Gasteiger partial charge in [0.1, 0.15) is 11.6 Å². The Hall–Kier alpha value is -3.73. The summed E-state index contributed by atoms with van der Waals surface area (Å²) in [5.41, 5.74) is 0.602. The van der Waals surface area contributed by atoms with Crippen molar-refractivity contribution in [1.29, 1.82) is 0 Å². The van der Waals surface area contributed by atoms with Crippen LogP contribution in [-0.2, 0) is 4.79 Å². The average Bonchev–Trinajstić information content (AvgIpc) is 3.14. The second kappa shape index (κ2) is 8.33. The van der Waals surface area contributed by atoms with E-state index in [4.69, 9.17) is 4.74 Å². The predicted molar refractivity (Wildman–Crippen MR) is 109 cm³/mol. The van der Waals surface area contributed by atoms with E-state index in [0.29, 0.717) is 22.2 Å². The van der Waals surface area contributed by atoms with Crippen molar-refractivity contribution < 1.29 is 13.9 Å². The normalized spacial score (nSPS) is 10.9. The number of nitrogens with zero attached hydrogens (tertiary/aromatic N) is 4. The molecule has 0 saturated carbocycles. The Morgan fingerprint density at radius 1 is 1.20 bits per heavy atom. The fourth-order valence-electron chi connectivity index (χ4n) is 2.69. The number of anilines is 1. The van der Waals surface area contributed by atoms with Crippen molar-refractivity contribution in [2.75, 3.05) is 18.2 Å². The van der Waals surface area contributed by atoms with Crippen molar-refractivity contribution in [3.8, 4) is 17.0 Å². The number of thioether (sulfide) groups is 1. The van der Waals surface area contributed by atoms with E-state index < -0.39 is 11.4 Å². The van der Waals surface area contributed by atoms with E-state index in [2.05, 4.69) is 25.6 Å². The largest absolute Gasteiger partial charge is 0.495 e. The standard InChI is InChI=1S/C19H15FN6O3S/c1-29-14-5-3-2-4-13(14)21-15(27)10-30-19-24-23-18-22-17(28)16(25-26(18)19)11-6-8-12(20)9-7-11/h2-9H,10H2,1H3,(H,21,27)(H,22,23,28). The number of hydrogen-bond acceptors (Lipinski definition) is 7. The zero-order valence-electron chi connectivity index (χ0n) is 15.6. The van der Waals surface area contributed by atoms with Crippen LogP contribution in [0.5, 0.6) is 5.75 Å². The number of halogens is 1. The number of ether oxygens (including phenoxy) is 1. The van der Waals surface area contributed by atoms with Gasteiger partial charge in [-0.25, -0.2) is 4.39 Å². The molecule has 2 heterocycles. The molecular formula is C19H15FN6O3S. The van der Waals surface area contributed by atoms with Crippen LogP contribution in [0.3, 0.4) is 0 Å². The summed E-state index contributed by atoms with van der Waals surface area (Å²) in [6, 6.07) is 12.5. The number of para-hydroxylation sites is 2. The summed E-state index contributed by atoms with van der Waals surface area (Å²) in [7, 11) is 1.52. The zero-order chi connectivity index (χ0) is 21.1. The fraction of sp³-hybridized carbons (Fsp3) is 0.105. The van der Waals surface area contributed by atoms with Gasteiger partial charge in [0.15, 0.2) is 5.69 Å². The summed E-state index contributed by atoms with van der Waals surface area (Å²) < 4.78 is 19.7. The molecule has 0 spiro atoms. The third kappa shape index (κ3) is 4.01. The van der Waals surface area contributed by atoms with Gasteiger partial charge in [-0.2, -0.15) is 9.61 Å². The monoisotopic (exact) mass is 426 g/mol. The van der Waals surface area contributed by atoms with Crippen molar-refractivity contribution in [3.05, 3.63) is 64.7 Å². The zero-order valence-corrected chi connectivity index (χ0v) is 16.4. The van der Waals surface area contributed by atoms with Crippen LogP contribution in [0.2, 0.25) is 0 Å². The lowest BCUT2D eigenvalue weighted by Crippen LogP contribution is -2.17. The van der Waals surface area contributed by atoms with Crippen LogP contribution in [0.15, 0.2) is 58.5 Å². The molecule has 152 valence electrons. The van der Waals surface area contributed by atoms with Crippen molar-refractivity contribution in [2.24, 2.45) is 0 Å². The molecule has 4 aromatic rings. The lowest BCUT2D eigenvalue weighted by Gasteiger charge is -2.09. The third-order valence-electron chi connectivity index (χ3n) is 4.08. The highest BCUT2D eigenvalue weighted by atomic mass is 32.2. The number of amides is 1. The van der Waals surface area contributed by atoms with Crippen LogP contribution in [-0.4, -0.2) is 43.6 Å². The number of aromatic nitrogens is 5. The fourth-order valence-corrected chi connectivity index (χ4v) is 3.37. The topological polar surface area (TPSA) is 114 Å². The van der Waals surface area contributed by atoms with Gasteiger partial charge < -0.3 is 10.1 Å². The van der Waals surface area contributed by atoms with Crippen LogP contribution >= 0.6 is 11.8 Å². The molecule has 0 fully saturated rings. The number of hydrogen-bond donors (Lipinski definition) is 2. The number of aromatic amines is 1. The molecule has 2 N–H and O–H groups in total. The first-order valence-corrected chi connectivity index (χ1v) is 9.71. The third-order valence-corrected chi connectivity index (χ3v) is 5.00. The lowest BCUT2D eigenvalue weighted by atomic mass is 10.2. The molecule has 2 aromatic carbocycles. The number of H-pyrrole nitrogens is 1. The quantitative estimate of drug-likeness (QED) is 0.455. The number of nitrogens with one attached hydrogen (secondary N) is 2. The minimum Gasteiger partial charge on any atom is -0.495 e. The molecule has 0 aliphatic rings. The summed E-state index contributed by atoms with van der Waals surface area (Å²) in [5.74, 6) is 0.0265. The van der Waals surface area contributed by atoms with E-state index in [0.717, 1.165) is 11.8 Å². The SMILES string of the molecule is COc1ccccc1NC(=O)CSc1nnc2[nH]c(=O)c(-c3ccc(F)cc3)nn12. The molecular weight excluding hydrogens is 411 g/mol. The number of carbonyl (C=O) groups excluding carboxylic acids is 1. The van der Waals surface area contributed by atoms with Crippen LogP contribution in [0.25, 0.3) is 17.0 Å². The van der Waals surface area contributed by atoms with E-state index in [1.165, 1.54) is 35.9 Å². The number of carbonyl (C=O) groups is 1. The highest BCUT2D eigenvalue weighted by Crippen LogP contribution is 2.24. The highest BCUT2D eigenvalue weighted by Gasteiger charge is 2.15. The molecule has 0 radical (unpaired) electrons. The van der Waals surface area contributed by atoms with Gasteiger partial charge in [-0.1, -0.05) is 23.9 Å². The van der Waals surface area contributed by atoms with Crippen LogP contribution in [0, 0.1) is 5.82 Å². The molecule has 0 atom stereocenters. The van der Waals surface area contributed by atoms with Crippen LogP contribution in [0.4, 0.5) is 10.1 Å². The lowest BCUT2D eigenvalue weighted by molar-refractivity contribution is -0.113. The van der Waals surface area contributed by atoms with Gasteiger partial charge in [-0.15, -0.1) is 10.2 Å². The van der Waals surface area contributed by atoms with E-state index in [1.807, 2.05) is 0 Å². The Kier molecular flexibility index (Phi) is 5.44. The minimum absolute atomic E-state index is 0.0333. The van der Waals surface area contributed by atoms with E-state index in [1.54, 1.807) is 24.3 Å². The van der Waals surface area contributed by atoms with Crippen molar-refractivity contribution >= 4 is 29.1 Å². The number of methoxy groups -OCH3 is 1. The smallest absolute Gasteiger partial charge is 0.279 e. The first kappa shape index (κ1) is 19.6. The number of rotatable bonds is 6. The predicted octanol–water partition coefficient (Wildman–Crippen LogP) is 2.36. The summed E-state index contributed by atoms with van der Waals surface area (Å²) in [5, 5.41) is 15.2. The highest BCUT2D eigenvalue weighted by molar-refractivity contribution is 7.99. The maximum atomic E-state index is 13.2. The second-order valence-corrected chi connectivity index (χ2v) is 7.01. The Morgan fingerprint density at radius 3 is 2.73 bits per heavy atom. The Bertz CT molecular complexity index is 1270. The summed E-state index contributed by atoms with van der Waals surface area (Å²) in [6.07, 6.45) is 0. The summed E-state index contributed by atoms with van der Waals surface area (Å²) in [6.45, 7) is 0. The summed E-state index contributed by atoms with van der Waals surface area (Å²) >= 11 is 1.10. The van der Waals surface area contributed by atoms with Gasteiger partial charge in [0.25, 0.3) is 11.3 Å². The molecule has 0 unspecified atom stereocenters. The maximum absolute atomic E-state index is 13.2. The Labute approximate surface area is 173 Å². The van der Waals surface area contributed by atoms with Gasteiger partial charge in [0, 0.05) is 5.56 Å². The van der Waals surface area contributed by atoms with E-state index in [-0.39, 0.29) is 23.1 Å². The molecule has 0 aliphatic carbocycles. The van der Waals surface area contributed by atoms with Gasteiger partial charge in [-0.05, 0) is 36.4 Å². The second-order valence-electron chi connectivity index (χ2n) is 6.06. The van der Waals surface area contributed by atoms with Gasteiger partial charge in [0.05, 0.1) is 18.6 Å². The van der Waals surface area contributed by atoms with Crippen LogP contribution in [0.1, 0.15) is 0 Å². The number of benzene rings is 2. The molecule has 9 nitrogen and oxygen atoms in total. The van der Waals surface area contributed by atoms with E-state index >= 15 is 0 Å². The molecule has 4 rings (SSSR count).